The minimum absolute atomic E-state index is 0.182. The van der Waals surface area contributed by atoms with Gasteiger partial charge in [-0.25, -0.2) is 9.38 Å². The predicted molar refractivity (Wildman–Crippen MR) is 98.5 cm³/mol. The molecule has 5 rings (SSSR count). The fraction of sp³-hybridized carbons (Fsp3) is 0.0476. The minimum Gasteiger partial charge on any atom is -0.280 e. The van der Waals surface area contributed by atoms with Crippen LogP contribution in [0.3, 0.4) is 0 Å². The van der Waals surface area contributed by atoms with E-state index < -0.39 is 6.04 Å². The molecule has 0 fully saturated rings. The quantitative estimate of drug-likeness (QED) is 0.591. The summed E-state index contributed by atoms with van der Waals surface area (Å²) >= 11 is 6.19. The molecule has 3 aromatic rings. The van der Waals surface area contributed by atoms with Crippen molar-refractivity contribution in [3.8, 4) is 0 Å². The molecule has 1 atom stereocenters. The van der Waals surface area contributed by atoms with Gasteiger partial charge in [-0.3, -0.25) is 9.69 Å². The van der Waals surface area contributed by atoms with Crippen LogP contribution in [0.25, 0.3) is 0 Å². The number of amidine groups is 1. The molecular weight excluding hydrogens is 351 g/mol. The second kappa shape index (κ2) is 5.51. The van der Waals surface area contributed by atoms with E-state index in [-0.39, 0.29) is 11.7 Å². The van der Waals surface area contributed by atoms with Crippen molar-refractivity contribution in [2.75, 3.05) is 0 Å². The molecule has 0 saturated heterocycles. The number of amides is 1. The zero-order valence-corrected chi connectivity index (χ0v) is 14.2. The maximum absolute atomic E-state index is 14.7. The van der Waals surface area contributed by atoms with Gasteiger partial charge < -0.3 is 0 Å². The summed E-state index contributed by atoms with van der Waals surface area (Å²) in [7, 11) is 0. The third kappa shape index (κ3) is 2.06. The van der Waals surface area contributed by atoms with Crippen LogP contribution in [0.15, 0.2) is 71.7 Å². The van der Waals surface area contributed by atoms with Crippen LogP contribution < -0.4 is 0 Å². The highest BCUT2D eigenvalue weighted by Crippen LogP contribution is 2.45. The summed E-state index contributed by atoms with van der Waals surface area (Å²) in [5.41, 5.74) is 3.17. The van der Waals surface area contributed by atoms with Gasteiger partial charge in [-0.2, -0.15) is 0 Å². The van der Waals surface area contributed by atoms with Crippen molar-refractivity contribution < 1.29 is 9.18 Å². The molecule has 0 aromatic heterocycles. The number of rotatable bonds is 1. The van der Waals surface area contributed by atoms with Crippen molar-refractivity contribution >= 4 is 29.0 Å². The number of hydrogen-bond donors (Lipinski definition) is 0. The van der Waals surface area contributed by atoms with Gasteiger partial charge in [0.2, 0.25) is 0 Å². The molecule has 0 saturated carbocycles. The van der Waals surface area contributed by atoms with E-state index in [0.717, 1.165) is 5.56 Å². The average molecular weight is 363 g/mol. The Hall–Kier alpha value is -2.98. The monoisotopic (exact) mass is 362 g/mol. The van der Waals surface area contributed by atoms with E-state index >= 15 is 0 Å². The maximum atomic E-state index is 14.7. The lowest BCUT2D eigenvalue weighted by Gasteiger charge is -2.33. The van der Waals surface area contributed by atoms with E-state index in [9.17, 15) is 9.18 Å². The number of hydrogen-bond acceptors (Lipinski definition) is 2. The molecule has 3 nitrogen and oxygen atoms in total. The number of carbonyl (C=O) groups is 1. The number of aliphatic imine (C=N–C) groups is 1. The average Bonchev–Trinajstić information content (AvgIpc) is 2.94. The van der Waals surface area contributed by atoms with Crippen LogP contribution in [0.5, 0.6) is 0 Å². The highest BCUT2D eigenvalue weighted by Gasteiger charge is 2.43. The molecule has 126 valence electrons. The molecule has 5 heteroatoms. The first-order chi connectivity index (χ1) is 12.6. The molecule has 0 bridgehead atoms. The molecule has 0 radical (unpaired) electrons. The number of fused-ring (bicyclic) bond motifs is 4. The van der Waals surface area contributed by atoms with Crippen LogP contribution in [-0.2, 0) is 0 Å². The van der Waals surface area contributed by atoms with Gasteiger partial charge in [0.1, 0.15) is 11.7 Å². The van der Waals surface area contributed by atoms with Crippen molar-refractivity contribution in [2.24, 2.45) is 4.99 Å². The Morgan fingerprint density at radius 2 is 1.65 bits per heavy atom. The Labute approximate surface area is 154 Å². The van der Waals surface area contributed by atoms with Gasteiger partial charge in [0.05, 0.1) is 17.3 Å². The third-order valence-corrected chi connectivity index (χ3v) is 5.05. The van der Waals surface area contributed by atoms with E-state index in [4.69, 9.17) is 11.6 Å². The van der Waals surface area contributed by atoms with Crippen molar-refractivity contribution in [3.63, 3.8) is 0 Å². The Morgan fingerprint density at radius 3 is 2.46 bits per heavy atom. The molecule has 1 unspecified atom stereocenters. The van der Waals surface area contributed by atoms with E-state index in [2.05, 4.69) is 4.99 Å². The molecule has 0 N–H and O–H groups in total. The molecule has 0 spiro atoms. The largest absolute Gasteiger partial charge is 0.280 e. The van der Waals surface area contributed by atoms with Gasteiger partial charge in [-0.15, -0.1) is 0 Å². The van der Waals surface area contributed by atoms with Crippen molar-refractivity contribution in [2.45, 2.75) is 6.04 Å². The summed E-state index contributed by atoms with van der Waals surface area (Å²) in [4.78, 5) is 19.4. The fourth-order valence-corrected chi connectivity index (χ4v) is 3.86. The van der Waals surface area contributed by atoms with E-state index in [1.165, 1.54) is 6.07 Å². The topological polar surface area (TPSA) is 32.7 Å². The highest BCUT2D eigenvalue weighted by molar-refractivity contribution is 6.31. The van der Waals surface area contributed by atoms with Gasteiger partial charge in [0.15, 0.2) is 0 Å². The van der Waals surface area contributed by atoms with Crippen LogP contribution in [0.1, 0.15) is 33.1 Å². The minimum atomic E-state index is -0.614. The number of nitrogens with zero attached hydrogens (tertiary/aromatic N) is 2. The molecule has 2 aliphatic rings. The normalized spacial score (nSPS) is 17.5. The number of carbonyl (C=O) groups excluding carboxylic acids is 1. The summed E-state index contributed by atoms with van der Waals surface area (Å²) in [5, 5.41) is 0.521. The van der Waals surface area contributed by atoms with Crippen molar-refractivity contribution in [1.82, 2.24) is 4.90 Å². The van der Waals surface area contributed by atoms with E-state index in [0.29, 0.717) is 33.2 Å². The molecule has 2 heterocycles. The Balaban J connectivity index is 1.82. The first-order valence-electron chi connectivity index (χ1n) is 8.20. The molecular formula is C21H12ClFN2O. The van der Waals surface area contributed by atoms with E-state index in [1.54, 1.807) is 47.4 Å². The Bertz CT molecular complexity index is 1110. The van der Waals surface area contributed by atoms with Crippen LogP contribution in [0, 0.1) is 5.82 Å². The van der Waals surface area contributed by atoms with Gasteiger partial charge in [0.25, 0.3) is 5.91 Å². The van der Waals surface area contributed by atoms with Gasteiger partial charge >= 0.3 is 0 Å². The predicted octanol–water partition coefficient (Wildman–Crippen LogP) is 5.12. The maximum Gasteiger partial charge on any atom is 0.261 e. The summed E-state index contributed by atoms with van der Waals surface area (Å²) < 4.78 is 14.7. The van der Waals surface area contributed by atoms with Crippen molar-refractivity contribution in [1.29, 1.82) is 0 Å². The lowest BCUT2D eigenvalue weighted by molar-refractivity contribution is 0.0829. The summed E-state index contributed by atoms with van der Waals surface area (Å²) in [6.45, 7) is 0. The summed E-state index contributed by atoms with van der Waals surface area (Å²) in [5.74, 6) is 0.000311. The lowest BCUT2D eigenvalue weighted by Crippen LogP contribution is -2.37. The third-order valence-electron chi connectivity index (χ3n) is 4.81. The van der Waals surface area contributed by atoms with Gasteiger partial charge in [-0.1, -0.05) is 48.0 Å². The highest BCUT2D eigenvalue weighted by atomic mass is 35.5. The van der Waals surface area contributed by atoms with Crippen molar-refractivity contribution in [3.05, 3.63) is 99.8 Å². The summed E-state index contributed by atoms with van der Waals surface area (Å²) in [6.07, 6.45) is 0. The second-order valence-electron chi connectivity index (χ2n) is 6.28. The Morgan fingerprint density at radius 1 is 0.923 bits per heavy atom. The first-order valence-corrected chi connectivity index (χ1v) is 8.58. The molecule has 2 aliphatic heterocycles. The van der Waals surface area contributed by atoms with Crippen LogP contribution in [0.4, 0.5) is 10.1 Å². The van der Waals surface area contributed by atoms with Crippen LogP contribution >= 0.6 is 11.6 Å². The molecule has 3 aromatic carbocycles. The SMILES string of the molecule is O=C1c2ccccc2C2=Nc3ccc(Cl)cc3C(c3ccccc3F)N12. The second-order valence-corrected chi connectivity index (χ2v) is 6.72. The van der Waals surface area contributed by atoms with E-state index in [1.807, 2.05) is 18.2 Å². The van der Waals surface area contributed by atoms with Crippen LogP contribution in [-0.4, -0.2) is 16.6 Å². The zero-order chi connectivity index (χ0) is 17.8. The lowest BCUT2D eigenvalue weighted by atomic mass is 9.93. The summed E-state index contributed by atoms with van der Waals surface area (Å²) in [6, 6.07) is 18.5. The number of halogens is 2. The van der Waals surface area contributed by atoms with Gasteiger partial charge in [-0.05, 0) is 30.3 Å². The Kier molecular flexibility index (Phi) is 3.24. The zero-order valence-electron chi connectivity index (χ0n) is 13.5. The molecule has 0 aliphatic carbocycles. The smallest absolute Gasteiger partial charge is 0.261 e. The molecule has 1 amide bonds. The van der Waals surface area contributed by atoms with Gasteiger partial charge in [0, 0.05) is 21.7 Å². The standard InChI is InChI=1S/C21H12ClFN2O/c22-12-9-10-18-16(11-12)19(15-7-3-4-8-17(15)23)25-20(24-18)13-5-1-2-6-14(13)21(25)26/h1-11,19H. The van der Waals surface area contributed by atoms with Crippen LogP contribution in [0.2, 0.25) is 5.02 Å². The fourth-order valence-electron chi connectivity index (χ4n) is 3.68. The number of benzene rings is 3. The molecule has 26 heavy (non-hydrogen) atoms. The first kappa shape index (κ1) is 15.3.